The van der Waals surface area contributed by atoms with E-state index >= 15 is 0 Å². The first-order chi connectivity index (χ1) is 8.27. The standard InChI is InChI=1S/C6HF5S.C4H9NO/c7-1-2(8)4(10)6(12)5(11)3(1)9;1-2-4(6)3-5/h12H;2-3,5H2,1H3. The van der Waals surface area contributed by atoms with Crippen LogP contribution in [0.3, 0.4) is 0 Å². The number of nitrogens with two attached hydrogens (primary N) is 1. The Labute approximate surface area is 105 Å². The molecule has 0 heterocycles. The molecule has 0 bridgehead atoms. The van der Waals surface area contributed by atoms with Crippen molar-refractivity contribution in [3.05, 3.63) is 29.1 Å². The zero-order valence-corrected chi connectivity index (χ0v) is 10.1. The van der Waals surface area contributed by atoms with E-state index in [0.29, 0.717) is 6.42 Å². The van der Waals surface area contributed by atoms with E-state index in [0.717, 1.165) is 0 Å². The first-order valence-corrected chi connectivity index (χ1v) is 5.14. The maximum Gasteiger partial charge on any atom is 0.200 e. The van der Waals surface area contributed by atoms with Gasteiger partial charge in [0.2, 0.25) is 5.82 Å². The van der Waals surface area contributed by atoms with E-state index in [1.165, 1.54) is 0 Å². The summed E-state index contributed by atoms with van der Waals surface area (Å²) in [5.41, 5.74) is 4.93. The summed E-state index contributed by atoms with van der Waals surface area (Å²) in [6.07, 6.45) is 0.566. The van der Waals surface area contributed by atoms with E-state index in [2.05, 4.69) is 12.6 Å². The van der Waals surface area contributed by atoms with Crippen LogP contribution in [-0.2, 0) is 4.79 Å². The summed E-state index contributed by atoms with van der Waals surface area (Å²) in [4.78, 5) is 8.88. The van der Waals surface area contributed by atoms with Gasteiger partial charge in [-0.1, -0.05) is 6.92 Å². The van der Waals surface area contributed by atoms with E-state index in [9.17, 15) is 26.7 Å². The summed E-state index contributed by atoms with van der Waals surface area (Å²) in [5.74, 6) is -9.87. The molecule has 0 atom stereocenters. The van der Waals surface area contributed by atoms with Gasteiger partial charge in [0.25, 0.3) is 0 Å². The molecule has 18 heavy (non-hydrogen) atoms. The Bertz CT molecular complexity index is 341. The molecule has 1 aromatic carbocycles. The molecule has 0 aromatic heterocycles. The molecule has 0 aliphatic carbocycles. The number of Topliss-reactive ketones (excluding diaryl/α,β-unsaturated/α-hetero) is 1. The molecule has 0 amide bonds. The number of carbonyl (C=O) groups is 1. The van der Waals surface area contributed by atoms with Crippen LogP contribution in [0.25, 0.3) is 0 Å². The van der Waals surface area contributed by atoms with Crippen LogP contribution in [0.15, 0.2) is 4.90 Å². The highest BCUT2D eigenvalue weighted by Crippen LogP contribution is 2.24. The minimum atomic E-state index is -2.18. The second-order valence-corrected chi connectivity index (χ2v) is 3.46. The second kappa shape index (κ2) is 7.32. The lowest BCUT2D eigenvalue weighted by Crippen LogP contribution is -2.11. The third kappa shape index (κ3) is 3.95. The fraction of sp³-hybridized carbons (Fsp3) is 0.300. The average Bonchev–Trinajstić information content (AvgIpc) is 2.40. The number of halogens is 5. The van der Waals surface area contributed by atoms with Gasteiger partial charge in [-0.2, -0.15) is 0 Å². The SMILES string of the molecule is CCC(=O)CN.Fc1c(F)c(F)c(S)c(F)c1F. The van der Waals surface area contributed by atoms with Crippen molar-refractivity contribution in [2.75, 3.05) is 6.54 Å². The Balaban J connectivity index is 0.000000411. The molecule has 2 nitrogen and oxygen atoms in total. The summed E-state index contributed by atoms with van der Waals surface area (Å²) in [6, 6.07) is 0. The highest BCUT2D eigenvalue weighted by atomic mass is 32.1. The summed E-state index contributed by atoms with van der Waals surface area (Å²) in [5, 5.41) is 0. The Morgan fingerprint density at radius 1 is 1.00 bits per heavy atom. The average molecular weight is 287 g/mol. The van der Waals surface area contributed by atoms with Gasteiger partial charge in [0.05, 0.1) is 11.4 Å². The van der Waals surface area contributed by atoms with E-state index in [-0.39, 0.29) is 12.3 Å². The summed E-state index contributed by atoms with van der Waals surface area (Å²) < 4.78 is 61.3. The van der Waals surface area contributed by atoms with E-state index in [1.807, 2.05) is 0 Å². The first-order valence-electron chi connectivity index (χ1n) is 4.70. The van der Waals surface area contributed by atoms with Crippen LogP contribution in [0, 0.1) is 29.1 Å². The van der Waals surface area contributed by atoms with Gasteiger partial charge in [0.1, 0.15) is 5.78 Å². The number of thiol groups is 1. The molecular formula is C10H10F5NOS. The van der Waals surface area contributed by atoms with Gasteiger partial charge < -0.3 is 5.73 Å². The maximum absolute atomic E-state index is 12.3. The molecule has 0 aliphatic heterocycles. The number of hydrogen-bond acceptors (Lipinski definition) is 3. The van der Waals surface area contributed by atoms with Gasteiger partial charge in [0, 0.05) is 6.42 Å². The number of benzene rings is 1. The van der Waals surface area contributed by atoms with Crippen molar-refractivity contribution in [1.29, 1.82) is 0 Å². The quantitative estimate of drug-likeness (QED) is 0.380. The summed E-state index contributed by atoms with van der Waals surface area (Å²) in [6.45, 7) is 1.99. The van der Waals surface area contributed by atoms with Gasteiger partial charge in [-0.25, -0.2) is 22.0 Å². The zero-order chi connectivity index (χ0) is 14.5. The fourth-order valence-corrected chi connectivity index (χ4v) is 0.934. The first kappa shape index (κ1) is 16.9. The van der Waals surface area contributed by atoms with Crippen LogP contribution < -0.4 is 5.73 Å². The highest BCUT2D eigenvalue weighted by molar-refractivity contribution is 7.80. The van der Waals surface area contributed by atoms with Crippen LogP contribution in [0.4, 0.5) is 22.0 Å². The van der Waals surface area contributed by atoms with Gasteiger partial charge in [-0.3, -0.25) is 4.79 Å². The van der Waals surface area contributed by atoms with E-state index in [1.54, 1.807) is 6.92 Å². The molecule has 0 spiro atoms. The van der Waals surface area contributed by atoms with Gasteiger partial charge in [-0.05, 0) is 0 Å². The normalized spacial score (nSPS) is 9.78. The lowest BCUT2D eigenvalue weighted by molar-refractivity contribution is -0.117. The molecule has 1 aromatic rings. The second-order valence-electron chi connectivity index (χ2n) is 3.01. The van der Waals surface area contributed by atoms with Crippen molar-refractivity contribution >= 4 is 18.4 Å². The monoisotopic (exact) mass is 287 g/mol. The van der Waals surface area contributed by atoms with Crippen LogP contribution in [0.5, 0.6) is 0 Å². The number of carbonyl (C=O) groups excluding carboxylic acids is 1. The van der Waals surface area contributed by atoms with E-state index < -0.39 is 34.0 Å². The van der Waals surface area contributed by atoms with Crippen molar-refractivity contribution in [2.24, 2.45) is 5.73 Å². The van der Waals surface area contributed by atoms with Crippen LogP contribution in [0.1, 0.15) is 13.3 Å². The molecule has 0 fully saturated rings. The smallest absolute Gasteiger partial charge is 0.200 e. The van der Waals surface area contributed by atoms with Gasteiger partial charge in [-0.15, -0.1) is 12.6 Å². The number of rotatable bonds is 2. The van der Waals surface area contributed by atoms with Crippen LogP contribution in [0.2, 0.25) is 0 Å². The van der Waals surface area contributed by atoms with Gasteiger partial charge >= 0.3 is 0 Å². The van der Waals surface area contributed by atoms with Crippen molar-refractivity contribution in [1.82, 2.24) is 0 Å². The third-order valence-corrected chi connectivity index (χ3v) is 2.20. The lowest BCUT2D eigenvalue weighted by atomic mass is 10.3. The van der Waals surface area contributed by atoms with Gasteiger partial charge in [0.15, 0.2) is 23.3 Å². The van der Waals surface area contributed by atoms with Crippen molar-refractivity contribution in [2.45, 2.75) is 18.2 Å². The molecule has 2 N–H and O–H groups in total. The molecule has 8 heteroatoms. The van der Waals surface area contributed by atoms with E-state index in [4.69, 9.17) is 5.73 Å². The predicted molar refractivity (Wildman–Crippen MR) is 57.8 cm³/mol. The highest BCUT2D eigenvalue weighted by Gasteiger charge is 2.23. The largest absolute Gasteiger partial charge is 0.324 e. The fourth-order valence-electron chi connectivity index (χ4n) is 0.738. The number of ketones is 1. The topological polar surface area (TPSA) is 43.1 Å². The molecule has 0 saturated carbocycles. The Kier molecular flexibility index (Phi) is 6.85. The van der Waals surface area contributed by atoms with Crippen molar-refractivity contribution in [3.63, 3.8) is 0 Å². The lowest BCUT2D eigenvalue weighted by Gasteiger charge is -2.01. The van der Waals surface area contributed by atoms with Crippen LogP contribution in [-0.4, -0.2) is 12.3 Å². The number of hydrogen-bond donors (Lipinski definition) is 2. The maximum atomic E-state index is 12.3. The minimum Gasteiger partial charge on any atom is -0.324 e. The Morgan fingerprint density at radius 2 is 1.33 bits per heavy atom. The Hall–Kier alpha value is -1.15. The molecular weight excluding hydrogens is 277 g/mol. The molecule has 0 radical (unpaired) electrons. The minimum absolute atomic E-state index is 0.120. The van der Waals surface area contributed by atoms with Crippen molar-refractivity contribution < 1.29 is 26.7 Å². The Morgan fingerprint density at radius 3 is 1.56 bits per heavy atom. The molecule has 0 unspecified atom stereocenters. The molecule has 0 saturated heterocycles. The molecule has 0 aliphatic rings. The zero-order valence-electron chi connectivity index (χ0n) is 9.24. The molecule has 102 valence electrons. The predicted octanol–water partition coefficient (Wildman–Crippen LogP) is 2.60. The van der Waals surface area contributed by atoms with Crippen molar-refractivity contribution in [3.8, 4) is 0 Å². The third-order valence-electron chi connectivity index (χ3n) is 1.81. The summed E-state index contributed by atoms with van der Waals surface area (Å²) in [7, 11) is 0. The molecule has 1 rings (SSSR count). The van der Waals surface area contributed by atoms with Crippen LogP contribution >= 0.6 is 12.6 Å². The summed E-state index contributed by atoms with van der Waals surface area (Å²) >= 11 is 3.10.